The van der Waals surface area contributed by atoms with E-state index >= 15 is 0 Å². The summed E-state index contributed by atoms with van der Waals surface area (Å²) in [7, 11) is 0. The van der Waals surface area contributed by atoms with Crippen LogP contribution in [0.3, 0.4) is 0 Å². The molecule has 8 heteroatoms. The molecular weight excluding hydrogens is 372 g/mol. The number of nitrogens with one attached hydrogen (secondary N) is 3. The van der Waals surface area contributed by atoms with Gasteiger partial charge in [-0.3, -0.25) is 14.4 Å². The van der Waals surface area contributed by atoms with Crippen LogP contribution in [0.4, 0.5) is 5.82 Å². The molecule has 2 amide bonds. The molecule has 3 N–H and O–H groups in total. The first-order valence-electron chi connectivity index (χ1n) is 10.2. The van der Waals surface area contributed by atoms with Gasteiger partial charge in [-0.1, -0.05) is 6.07 Å². The second-order valence-corrected chi connectivity index (χ2v) is 8.16. The molecule has 2 heterocycles. The number of pyridine rings is 1. The first-order chi connectivity index (χ1) is 13.7. The maximum absolute atomic E-state index is 11.9. The number of carbonyl (C=O) groups is 3. The van der Waals surface area contributed by atoms with Gasteiger partial charge in [0.1, 0.15) is 11.4 Å². The van der Waals surface area contributed by atoms with Crippen molar-refractivity contribution in [1.82, 2.24) is 15.6 Å². The quantitative estimate of drug-likeness (QED) is 0.541. The van der Waals surface area contributed by atoms with Gasteiger partial charge in [0.15, 0.2) is 0 Å². The van der Waals surface area contributed by atoms with Crippen molar-refractivity contribution in [3.05, 3.63) is 23.4 Å². The Morgan fingerprint density at radius 3 is 2.69 bits per heavy atom. The van der Waals surface area contributed by atoms with Crippen molar-refractivity contribution in [3.8, 4) is 0 Å². The first kappa shape index (κ1) is 22.6. The fourth-order valence-electron chi connectivity index (χ4n) is 2.96. The number of aromatic nitrogens is 1. The van der Waals surface area contributed by atoms with Crippen LogP contribution in [0.25, 0.3) is 0 Å². The number of ether oxygens (including phenoxy) is 1. The second kappa shape index (κ2) is 10.8. The molecular formula is C21H32N4O4. The zero-order valence-corrected chi connectivity index (χ0v) is 17.6. The Morgan fingerprint density at radius 2 is 1.93 bits per heavy atom. The highest BCUT2D eigenvalue weighted by molar-refractivity contribution is 5.84. The summed E-state index contributed by atoms with van der Waals surface area (Å²) in [5.74, 6) is 0.0850. The highest BCUT2D eigenvalue weighted by atomic mass is 16.6. The van der Waals surface area contributed by atoms with Crippen molar-refractivity contribution in [3.63, 3.8) is 0 Å². The molecule has 29 heavy (non-hydrogen) atoms. The predicted molar refractivity (Wildman–Crippen MR) is 110 cm³/mol. The zero-order valence-electron chi connectivity index (χ0n) is 17.6. The Labute approximate surface area is 172 Å². The van der Waals surface area contributed by atoms with Crippen molar-refractivity contribution in [2.75, 3.05) is 25.0 Å². The van der Waals surface area contributed by atoms with Crippen LogP contribution >= 0.6 is 0 Å². The van der Waals surface area contributed by atoms with Gasteiger partial charge < -0.3 is 20.7 Å². The standard InChI is InChI=1S/C21H32N4O4/c1-21(2,3)29-19(28)11-13-22-18(27)14-24-17(26)8-4-7-16-10-9-15-6-5-12-23-20(15)25-16/h9-10H,4-8,11-14H2,1-3H3,(H,22,27)(H,23,25)(H,24,26). The largest absolute Gasteiger partial charge is 0.460 e. The maximum Gasteiger partial charge on any atom is 0.308 e. The average molecular weight is 405 g/mol. The molecule has 0 unspecified atom stereocenters. The van der Waals surface area contributed by atoms with Crippen LogP contribution in [0.2, 0.25) is 0 Å². The van der Waals surface area contributed by atoms with E-state index in [4.69, 9.17) is 4.74 Å². The lowest BCUT2D eigenvalue weighted by atomic mass is 10.1. The van der Waals surface area contributed by atoms with Gasteiger partial charge >= 0.3 is 5.97 Å². The first-order valence-corrected chi connectivity index (χ1v) is 10.2. The third kappa shape index (κ3) is 8.93. The molecule has 0 bridgehead atoms. The van der Waals surface area contributed by atoms with Crippen LogP contribution in [0.5, 0.6) is 0 Å². The van der Waals surface area contributed by atoms with E-state index in [2.05, 4.69) is 27.0 Å². The normalized spacial score (nSPS) is 13.1. The molecule has 0 fully saturated rings. The number of aryl methyl sites for hydroxylation is 2. The van der Waals surface area contributed by atoms with Gasteiger partial charge in [0.2, 0.25) is 11.8 Å². The van der Waals surface area contributed by atoms with Crippen LogP contribution in [0.15, 0.2) is 12.1 Å². The van der Waals surface area contributed by atoms with E-state index in [1.165, 1.54) is 5.56 Å². The number of carbonyl (C=O) groups excluding carboxylic acids is 3. The highest BCUT2D eigenvalue weighted by Gasteiger charge is 2.16. The predicted octanol–water partition coefficient (Wildman–Crippen LogP) is 1.73. The van der Waals surface area contributed by atoms with E-state index in [0.29, 0.717) is 19.3 Å². The fourth-order valence-corrected chi connectivity index (χ4v) is 2.96. The molecule has 0 saturated carbocycles. The maximum atomic E-state index is 11.9. The molecule has 0 atom stereocenters. The Kier molecular flexibility index (Phi) is 8.42. The zero-order chi connectivity index (χ0) is 21.3. The molecule has 0 aromatic carbocycles. The number of anilines is 1. The summed E-state index contributed by atoms with van der Waals surface area (Å²) >= 11 is 0. The molecule has 1 aromatic heterocycles. The molecule has 0 saturated heterocycles. The summed E-state index contributed by atoms with van der Waals surface area (Å²) in [4.78, 5) is 39.8. The summed E-state index contributed by atoms with van der Waals surface area (Å²) in [6.07, 6.45) is 3.99. The summed E-state index contributed by atoms with van der Waals surface area (Å²) in [5, 5.41) is 8.50. The topological polar surface area (TPSA) is 109 Å². The summed E-state index contributed by atoms with van der Waals surface area (Å²) in [5.41, 5.74) is 1.67. The van der Waals surface area contributed by atoms with Crippen LogP contribution < -0.4 is 16.0 Å². The van der Waals surface area contributed by atoms with E-state index in [9.17, 15) is 14.4 Å². The number of hydrogen-bond donors (Lipinski definition) is 3. The lowest BCUT2D eigenvalue weighted by molar-refractivity contribution is -0.154. The molecule has 1 aliphatic heterocycles. The van der Waals surface area contributed by atoms with Gasteiger partial charge in [-0.25, -0.2) is 4.98 Å². The van der Waals surface area contributed by atoms with Gasteiger partial charge in [-0.15, -0.1) is 0 Å². The molecule has 0 spiro atoms. The second-order valence-electron chi connectivity index (χ2n) is 8.16. The van der Waals surface area contributed by atoms with E-state index in [1.807, 2.05) is 6.07 Å². The van der Waals surface area contributed by atoms with E-state index in [0.717, 1.165) is 30.9 Å². The molecule has 2 rings (SSSR count). The van der Waals surface area contributed by atoms with Crippen LogP contribution in [-0.4, -0.2) is 48.0 Å². The number of esters is 1. The SMILES string of the molecule is CC(C)(C)OC(=O)CCNC(=O)CNC(=O)CCCc1ccc2c(n1)NCCC2. The van der Waals surface area contributed by atoms with Crippen molar-refractivity contribution in [2.24, 2.45) is 0 Å². The fraction of sp³-hybridized carbons (Fsp3) is 0.619. The number of hydrogen-bond acceptors (Lipinski definition) is 6. The van der Waals surface area contributed by atoms with E-state index in [-0.39, 0.29) is 37.3 Å². The van der Waals surface area contributed by atoms with Gasteiger partial charge in [-0.05, 0) is 58.1 Å². The lowest BCUT2D eigenvalue weighted by Gasteiger charge is -2.19. The minimum atomic E-state index is -0.541. The summed E-state index contributed by atoms with van der Waals surface area (Å²) < 4.78 is 5.16. The smallest absolute Gasteiger partial charge is 0.308 e. The van der Waals surface area contributed by atoms with Crippen LogP contribution in [0, 0.1) is 0 Å². The number of fused-ring (bicyclic) bond motifs is 1. The van der Waals surface area contributed by atoms with Gasteiger partial charge in [-0.2, -0.15) is 0 Å². The molecule has 1 aliphatic rings. The van der Waals surface area contributed by atoms with Crippen LogP contribution in [0.1, 0.15) is 57.7 Å². The lowest BCUT2D eigenvalue weighted by Crippen LogP contribution is -2.38. The van der Waals surface area contributed by atoms with E-state index in [1.54, 1.807) is 20.8 Å². The van der Waals surface area contributed by atoms with Crippen LogP contribution in [-0.2, 0) is 32.0 Å². The Balaban J connectivity index is 1.57. The molecule has 0 radical (unpaired) electrons. The third-order valence-corrected chi connectivity index (χ3v) is 4.31. The third-order valence-electron chi connectivity index (χ3n) is 4.31. The monoisotopic (exact) mass is 404 g/mol. The van der Waals surface area contributed by atoms with Crippen molar-refractivity contribution >= 4 is 23.6 Å². The Bertz CT molecular complexity index is 728. The number of rotatable bonds is 9. The summed E-state index contributed by atoms with van der Waals surface area (Å²) in [6.45, 7) is 6.40. The molecule has 1 aromatic rings. The average Bonchev–Trinajstić information content (AvgIpc) is 2.65. The minimum Gasteiger partial charge on any atom is -0.460 e. The Hall–Kier alpha value is -2.64. The summed E-state index contributed by atoms with van der Waals surface area (Å²) in [6, 6.07) is 4.12. The van der Waals surface area contributed by atoms with Crippen molar-refractivity contribution in [1.29, 1.82) is 0 Å². The molecule has 8 nitrogen and oxygen atoms in total. The number of nitrogens with zero attached hydrogens (tertiary/aromatic N) is 1. The molecule has 160 valence electrons. The number of amides is 2. The molecule has 0 aliphatic carbocycles. The Morgan fingerprint density at radius 1 is 1.14 bits per heavy atom. The van der Waals surface area contributed by atoms with Crippen molar-refractivity contribution in [2.45, 2.75) is 64.9 Å². The van der Waals surface area contributed by atoms with Gasteiger partial charge in [0, 0.05) is 25.2 Å². The highest BCUT2D eigenvalue weighted by Crippen LogP contribution is 2.20. The van der Waals surface area contributed by atoms with E-state index < -0.39 is 5.60 Å². The van der Waals surface area contributed by atoms with Crippen molar-refractivity contribution < 1.29 is 19.1 Å². The minimum absolute atomic E-state index is 0.0968. The van der Waals surface area contributed by atoms with Gasteiger partial charge in [0.05, 0.1) is 13.0 Å². The van der Waals surface area contributed by atoms with Gasteiger partial charge in [0.25, 0.3) is 0 Å².